The van der Waals surface area contributed by atoms with Gasteiger partial charge in [-0.3, -0.25) is 24.6 Å². The molecule has 1 fully saturated rings. The molecule has 0 aliphatic heterocycles. The number of carbonyl (C=O) groups is 2. The van der Waals surface area contributed by atoms with E-state index in [9.17, 15) is 19.7 Å². The predicted octanol–water partition coefficient (Wildman–Crippen LogP) is 1.57. The van der Waals surface area contributed by atoms with Crippen molar-refractivity contribution < 1.29 is 19.6 Å². The Morgan fingerprint density at radius 1 is 1.38 bits per heavy atom. The number of nitrogens with zero attached hydrogens (tertiary/aromatic N) is 2. The number of benzene rings is 1. The number of aryl methyl sites for hydroxylation is 1. The van der Waals surface area contributed by atoms with Crippen LogP contribution in [-0.4, -0.2) is 52.0 Å². The summed E-state index contributed by atoms with van der Waals surface area (Å²) in [5, 5.41) is 22.6. The molecule has 1 aromatic rings. The highest BCUT2D eigenvalue weighted by Crippen LogP contribution is 2.26. The highest BCUT2D eigenvalue weighted by molar-refractivity contribution is 5.95. The molecular weight excluding hydrogens is 314 g/mol. The molecule has 1 amide bonds. The lowest BCUT2D eigenvalue weighted by Gasteiger charge is -2.42. The molecule has 8 nitrogen and oxygen atoms in total. The number of hydrogen-bond donors (Lipinski definition) is 2. The molecular formula is C16H21N3O5. The molecule has 0 unspecified atom stereocenters. The van der Waals surface area contributed by atoms with E-state index in [1.54, 1.807) is 13.0 Å². The first-order valence-corrected chi connectivity index (χ1v) is 7.83. The van der Waals surface area contributed by atoms with Crippen molar-refractivity contribution >= 4 is 17.6 Å². The van der Waals surface area contributed by atoms with Gasteiger partial charge < -0.3 is 10.4 Å². The van der Waals surface area contributed by atoms with Gasteiger partial charge in [-0.2, -0.15) is 0 Å². The van der Waals surface area contributed by atoms with Crippen LogP contribution in [-0.2, 0) is 4.79 Å². The van der Waals surface area contributed by atoms with E-state index >= 15 is 0 Å². The fraction of sp³-hybridized carbons (Fsp3) is 0.500. The standard InChI is InChI=1S/C16H21N3O5/c1-3-18(9-15(20)21)13-7-12(8-13)17-16(22)11-4-10(2)5-14(6-11)19(23)24/h4-6,12-13H,3,7-9H2,1-2H3,(H,17,22)(H,20,21). The summed E-state index contributed by atoms with van der Waals surface area (Å²) in [6.45, 7) is 4.24. The van der Waals surface area contributed by atoms with Crippen molar-refractivity contribution in [3.63, 3.8) is 0 Å². The minimum atomic E-state index is -0.864. The maximum Gasteiger partial charge on any atom is 0.317 e. The lowest BCUT2D eigenvalue weighted by Crippen LogP contribution is -2.54. The van der Waals surface area contributed by atoms with E-state index < -0.39 is 10.9 Å². The van der Waals surface area contributed by atoms with Gasteiger partial charge in [-0.1, -0.05) is 6.92 Å². The van der Waals surface area contributed by atoms with Gasteiger partial charge in [0, 0.05) is 29.8 Å². The molecule has 0 aromatic heterocycles. The molecule has 1 aliphatic rings. The molecule has 2 N–H and O–H groups in total. The number of aliphatic carboxylic acids is 1. The third kappa shape index (κ3) is 4.29. The van der Waals surface area contributed by atoms with Crippen LogP contribution in [0.1, 0.15) is 35.7 Å². The predicted molar refractivity (Wildman–Crippen MR) is 87.0 cm³/mol. The SMILES string of the molecule is CCN(CC(=O)O)C1CC(NC(=O)c2cc(C)cc([N+](=O)[O-])c2)C1. The Bertz CT molecular complexity index is 655. The summed E-state index contributed by atoms with van der Waals surface area (Å²) in [5.41, 5.74) is 0.813. The molecule has 0 saturated heterocycles. The first-order valence-electron chi connectivity index (χ1n) is 7.83. The molecule has 0 heterocycles. The number of rotatable bonds is 7. The average molecular weight is 335 g/mol. The van der Waals surface area contributed by atoms with E-state index in [1.165, 1.54) is 12.1 Å². The molecule has 1 saturated carbocycles. The first-order chi connectivity index (χ1) is 11.3. The summed E-state index contributed by atoms with van der Waals surface area (Å²) in [6.07, 6.45) is 1.36. The maximum absolute atomic E-state index is 12.3. The fourth-order valence-electron chi connectivity index (χ4n) is 2.94. The van der Waals surface area contributed by atoms with E-state index in [1.807, 2.05) is 11.8 Å². The van der Waals surface area contributed by atoms with E-state index in [4.69, 9.17) is 5.11 Å². The van der Waals surface area contributed by atoms with Gasteiger partial charge in [0.2, 0.25) is 0 Å². The van der Waals surface area contributed by atoms with Crippen LogP contribution in [0.4, 0.5) is 5.69 Å². The number of amides is 1. The highest BCUT2D eigenvalue weighted by Gasteiger charge is 2.34. The van der Waals surface area contributed by atoms with Gasteiger partial charge in [-0.05, 0) is 37.9 Å². The van der Waals surface area contributed by atoms with Crippen molar-refractivity contribution in [1.29, 1.82) is 0 Å². The number of carboxylic acids is 1. The Balaban J connectivity index is 1.93. The quantitative estimate of drug-likeness (QED) is 0.578. The summed E-state index contributed by atoms with van der Waals surface area (Å²) < 4.78 is 0. The average Bonchev–Trinajstić information content (AvgIpc) is 2.47. The number of carboxylic acid groups (broad SMARTS) is 1. The van der Waals surface area contributed by atoms with Crippen LogP contribution in [0.5, 0.6) is 0 Å². The van der Waals surface area contributed by atoms with Crippen LogP contribution in [0.25, 0.3) is 0 Å². The number of nitro groups is 1. The minimum Gasteiger partial charge on any atom is -0.480 e. The maximum atomic E-state index is 12.3. The lowest BCUT2D eigenvalue weighted by molar-refractivity contribution is -0.384. The summed E-state index contributed by atoms with van der Waals surface area (Å²) >= 11 is 0. The van der Waals surface area contributed by atoms with Crippen LogP contribution in [0, 0.1) is 17.0 Å². The summed E-state index contributed by atoms with van der Waals surface area (Å²) in [7, 11) is 0. The van der Waals surface area contributed by atoms with Crippen LogP contribution in [0.3, 0.4) is 0 Å². The Kier molecular flexibility index (Phi) is 5.50. The second-order valence-corrected chi connectivity index (χ2v) is 6.07. The zero-order valence-corrected chi connectivity index (χ0v) is 13.7. The largest absolute Gasteiger partial charge is 0.480 e. The zero-order valence-electron chi connectivity index (χ0n) is 13.7. The van der Waals surface area contributed by atoms with E-state index in [2.05, 4.69) is 5.32 Å². The van der Waals surface area contributed by atoms with Gasteiger partial charge in [0.15, 0.2) is 0 Å². The van der Waals surface area contributed by atoms with Crippen molar-refractivity contribution in [1.82, 2.24) is 10.2 Å². The number of non-ortho nitro benzene ring substituents is 1. The molecule has 130 valence electrons. The molecule has 2 rings (SSSR count). The van der Waals surface area contributed by atoms with Gasteiger partial charge in [0.25, 0.3) is 11.6 Å². The third-order valence-corrected chi connectivity index (χ3v) is 4.24. The van der Waals surface area contributed by atoms with E-state index in [-0.39, 0.29) is 35.8 Å². The van der Waals surface area contributed by atoms with Crippen molar-refractivity contribution in [2.75, 3.05) is 13.1 Å². The lowest BCUT2D eigenvalue weighted by atomic mass is 9.85. The van der Waals surface area contributed by atoms with Gasteiger partial charge >= 0.3 is 5.97 Å². The Morgan fingerprint density at radius 2 is 2.04 bits per heavy atom. The monoisotopic (exact) mass is 335 g/mol. The molecule has 0 radical (unpaired) electrons. The Labute approximate surface area is 139 Å². The second-order valence-electron chi connectivity index (χ2n) is 6.07. The first kappa shape index (κ1) is 17.9. The molecule has 0 spiro atoms. The number of nitrogens with one attached hydrogen (secondary N) is 1. The topological polar surface area (TPSA) is 113 Å². The van der Waals surface area contributed by atoms with Crippen LogP contribution in [0.15, 0.2) is 18.2 Å². The van der Waals surface area contributed by atoms with E-state index in [0.717, 1.165) is 0 Å². The van der Waals surface area contributed by atoms with Gasteiger partial charge in [-0.25, -0.2) is 0 Å². The minimum absolute atomic E-state index is 0.00803. The fourth-order valence-corrected chi connectivity index (χ4v) is 2.94. The normalized spacial score (nSPS) is 19.6. The molecule has 1 aliphatic carbocycles. The number of likely N-dealkylation sites (N-methyl/N-ethyl adjacent to an activating group) is 1. The number of nitro benzene ring substituents is 1. The van der Waals surface area contributed by atoms with Gasteiger partial charge in [-0.15, -0.1) is 0 Å². The molecule has 8 heteroatoms. The van der Waals surface area contributed by atoms with Crippen LogP contribution < -0.4 is 5.32 Å². The number of carbonyl (C=O) groups excluding carboxylic acids is 1. The van der Waals surface area contributed by atoms with Crippen LogP contribution in [0.2, 0.25) is 0 Å². The zero-order chi connectivity index (χ0) is 17.9. The van der Waals surface area contributed by atoms with Gasteiger partial charge in [0.1, 0.15) is 0 Å². The summed E-state index contributed by atoms with van der Waals surface area (Å²) in [5.74, 6) is -1.21. The third-order valence-electron chi connectivity index (χ3n) is 4.24. The Hall–Kier alpha value is -2.48. The molecule has 1 aromatic carbocycles. The van der Waals surface area contributed by atoms with Crippen molar-refractivity contribution in [2.24, 2.45) is 0 Å². The molecule has 24 heavy (non-hydrogen) atoms. The van der Waals surface area contributed by atoms with Crippen molar-refractivity contribution in [3.8, 4) is 0 Å². The van der Waals surface area contributed by atoms with E-state index in [0.29, 0.717) is 24.9 Å². The molecule has 0 atom stereocenters. The summed E-state index contributed by atoms with van der Waals surface area (Å²) in [6, 6.07) is 4.40. The van der Waals surface area contributed by atoms with Gasteiger partial charge in [0.05, 0.1) is 11.5 Å². The second kappa shape index (κ2) is 7.39. The molecule has 0 bridgehead atoms. The van der Waals surface area contributed by atoms with Crippen LogP contribution >= 0.6 is 0 Å². The van der Waals surface area contributed by atoms with Crippen molar-refractivity contribution in [2.45, 2.75) is 38.8 Å². The van der Waals surface area contributed by atoms with Crippen molar-refractivity contribution in [3.05, 3.63) is 39.4 Å². The highest BCUT2D eigenvalue weighted by atomic mass is 16.6. The Morgan fingerprint density at radius 3 is 2.58 bits per heavy atom. The number of hydrogen-bond acceptors (Lipinski definition) is 5. The summed E-state index contributed by atoms with van der Waals surface area (Å²) in [4.78, 5) is 35.3. The smallest absolute Gasteiger partial charge is 0.317 e.